The molecular formula is C15H19N5O. The van der Waals surface area contributed by atoms with Gasteiger partial charge in [-0.2, -0.15) is 4.80 Å². The van der Waals surface area contributed by atoms with E-state index in [1.165, 1.54) is 17.6 Å². The van der Waals surface area contributed by atoms with Gasteiger partial charge in [-0.1, -0.05) is 43.2 Å². The van der Waals surface area contributed by atoms with Gasteiger partial charge in [0, 0.05) is 18.7 Å². The molecule has 0 aliphatic carbocycles. The van der Waals surface area contributed by atoms with Gasteiger partial charge in [0.2, 0.25) is 11.7 Å². The lowest BCUT2D eigenvalue weighted by Crippen LogP contribution is -2.35. The Morgan fingerprint density at radius 1 is 1.05 bits per heavy atom. The summed E-state index contributed by atoms with van der Waals surface area (Å²) in [6.07, 6.45) is 4.60. The summed E-state index contributed by atoms with van der Waals surface area (Å²) in [4.78, 5) is 15.6. The Morgan fingerprint density at radius 2 is 1.76 bits per heavy atom. The van der Waals surface area contributed by atoms with Crippen LogP contribution in [0.25, 0.3) is 11.4 Å². The summed E-state index contributed by atoms with van der Waals surface area (Å²) in [7, 11) is 0. The molecule has 1 fully saturated rings. The second-order valence-corrected chi connectivity index (χ2v) is 5.30. The van der Waals surface area contributed by atoms with Crippen LogP contribution in [0.15, 0.2) is 30.3 Å². The highest BCUT2D eigenvalue weighted by molar-refractivity contribution is 5.75. The Kier molecular flexibility index (Phi) is 4.23. The van der Waals surface area contributed by atoms with E-state index in [1.54, 1.807) is 0 Å². The van der Waals surface area contributed by atoms with Crippen molar-refractivity contribution in [1.29, 1.82) is 0 Å². The number of carbonyl (C=O) groups excluding carboxylic acids is 1. The van der Waals surface area contributed by atoms with Gasteiger partial charge >= 0.3 is 0 Å². The quantitative estimate of drug-likeness (QED) is 0.861. The van der Waals surface area contributed by atoms with Crippen LogP contribution in [-0.4, -0.2) is 44.1 Å². The molecule has 1 amide bonds. The fraction of sp³-hybridized carbons (Fsp3) is 0.467. The Bertz CT molecular complexity index is 587. The highest BCUT2D eigenvalue weighted by Crippen LogP contribution is 2.12. The van der Waals surface area contributed by atoms with Crippen molar-refractivity contribution in [2.75, 3.05) is 13.1 Å². The third kappa shape index (κ3) is 3.45. The van der Waals surface area contributed by atoms with Crippen molar-refractivity contribution in [1.82, 2.24) is 25.1 Å². The van der Waals surface area contributed by atoms with E-state index in [9.17, 15) is 4.79 Å². The molecule has 110 valence electrons. The predicted octanol–water partition coefficient (Wildman–Crippen LogP) is 1.74. The van der Waals surface area contributed by atoms with Gasteiger partial charge < -0.3 is 4.90 Å². The molecule has 1 aromatic carbocycles. The van der Waals surface area contributed by atoms with Gasteiger partial charge in [-0.05, 0) is 18.1 Å². The van der Waals surface area contributed by atoms with Gasteiger partial charge in [0.25, 0.3) is 0 Å². The zero-order valence-corrected chi connectivity index (χ0v) is 12.0. The van der Waals surface area contributed by atoms with Crippen molar-refractivity contribution in [3.05, 3.63) is 30.3 Å². The molecule has 1 aliphatic heterocycles. The van der Waals surface area contributed by atoms with Crippen molar-refractivity contribution in [3.63, 3.8) is 0 Å². The van der Waals surface area contributed by atoms with E-state index in [-0.39, 0.29) is 12.5 Å². The van der Waals surface area contributed by atoms with Gasteiger partial charge in [-0.15, -0.1) is 10.2 Å². The second-order valence-electron chi connectivity index (χ2n) is 5.30. The first-order valence-electron chi connectivity index (χ1n) is 7.44. The molecule has 2 aromatic rings. The molecular weight excluding hydrogens is 266 g/mol. The van der Waals surface area contributed by atoms with Crippen LogP contribution in [0.2, 0.25) is 0 Å². The van der Waals surface area contributed by atoms with Gasteiger partial charge in [0.05, 0.1) is 0 Å². The molecule has 6 heteroatoms. The van der Waals surface area contributed by atoms with Gasteiger partial charge in [0.15, 0.2) is 0 Å². The average Bonchev–Trinajstić information content (AvgIpc) is 2.81. The average molecular weight is 285 g/mol. The smallest absolute Gasteiger partial charge is 0.246 e. The summed E-state index contributed by atoms with van der Waals surface area (Å²) in [6, 6.07) is 9.66. The van der Waals surface area contributed by atoms with Crippen LogP contribution in [0.4, 0.5) is 0 Å². The van der Waals surface area contributed by atoms with Crippen molar-refractivity contribution in [2.45, 2.75) is 32.2 Å². The van der Waals surface area contributed by atoms with E-state index in [1.807, 2.05) is 35.2 Å². The van der Waals surface area contributed by atoms with Gasteiger partial charge in [-0.3, -0.25) is 4.79 Å². The monoisotopic (exact) mass is 285 g/mol. The first-order valence-corrected chi connectivity index (χ1v) is 7.44. The first-order chi connectivity index (χ1) is 10.3. The molecule has 0 unspecified atom stereocenters. The van der Waals surface area contributed by atoms with E-state index in [0.29, 0.717) is 5.82 Å². The number of aromatic nitrogens is 4. The van der Waals surface area contributed by atoms with E-state index in [2.05, 4.69) is 15.4 Å². The summed E-state index contributed by atoms with van der Waals surface area (Å²) >= 11 is 0. The number of hydrogen-bond acceptors (Lipinski definition) is 4. The minimum absolute atomic E-state index is 0.0777. The van der Waals surface area contributed by atoms with E-state index in [0.717, 1.165) is 31.5 Å². The summed E-state index contributed by atoms with van der Waals surface area (Å²) in [5.74, 6) is 0.633. The molecule has 3 rings (SSSR count). The summed E-state index contributed by atoms with van der Waals surface area (Å²) in [5.41, 5.74) is 0.908. The maximum absolute atomic E-state index is 12.3. The highest BCUT2D eigenvalue weighted by atomic mass is 16.2. The van der Waals surface area contributed by atoms with Crippen LogP contribution >= 0.6 is 0 Å². The largest absolute Gasteiger partial charge is 0.341 e. The number of carbonyl (C=O) groups is 1. The topological polar surface area (TPSA) is 63.9 Å². The van der Waals surface area contributed by atoms with Crippen LogP contribution in [0.1, 0.15) is 25.7 Å². The number of hydrogen-bond donors (Lipinski definition) is 0. The number of amides is 1. The number of nitrogens with zero attached hydrogens (tertiary/aromatic N) is 5. The molecule has 1 saturated heterocycles. The SMILES string of the molecule is O=C(Cn1nnc(-c2ccccc2)n1)N1CCCCCC1. The Balaban J connectivity index is 1.65. The molecule has 2 heterocycles. The van der Waals surface area contributed by atoms with Crippen molar-refractivity contribution < 1.29 is 4.79 Å². The molecule has 1 aliphatic rings. The molecule has 21 heavy (non-hydrogen) atoms. The van der Waals surface area contributed by atoms with Crippen molar-refractivity contribution >= 4 is 5.91 Å². The maximum Gasteiger partial charge on any atom is 0.246 e. The molecule has 0 atom stereocenters. The molecule has 0 saturated carbocycles. The molecule has 0 radical (unpaired) electrons. The normalized spacial score (nSPS) is 15.7. The minimum atomic E-state index is 0.0777. The van der Waals surface area contributed by atoms with E-state index >= 15 is 0 Å². The Morgan fingerprint density at radius 3 is 2.48 bits per heavy atom. The second kappa shape index (κ2) is 6.47. The van der Waals surface area contributed by atoms with Crippen molar-refractivity contribution in [2.24, 2.45) is 0 Å². The van der Waals surface area contributed by atoms with Gasteiger partial charge in [0.1, 0.15) is 6.54 Å². The standard InChI is InChI=1S/C15H19N5O/c21-14(19-10-6-1-2-7-11-19)12-20-17-15(16-18-20)13-8-4-3-5-9-13/h3-5,8-9H,1-2,6-7,10-12H2. The van der Waals surface area contributed by atoms with Crippen LogP contribution < -0.4 is 0 Å². The fourth-order valence-corrected chi connectivity index (χ4v) is 2.55. The molecule has 6 nitrogen and oxygen atoms in total. The summed E-state index contributed by atoms with van der Waals surface area (Å²) in [5, 5.41) is 12.3. The predicted molar refractivity (Wildman–Crippen MR) is 78.3 cm³/mol. The summed E-state index contributed by atoms with van der Waals surface area (Å²) in [6.45, 7) is 1.86. The van der Waals surface area contributed by atoms with Crippen LogP contribution in [0.3, 0.4) is 0 Å². The first kappa shape index (κ1) is 13.7. The Hall–Kier alpha value is -2.24. The highest BCUT2D eigenvalue weighted by Gasteiger charge is 2.17. The fourth-order valence-electron chi connectivity index (χ4n) is 2.55. The van der Waals surface area contributed by atoms with Crippen LogP contribution in [0, 0.1) is 0 Å². The molecule has 0 N–H and O–H groups in total. The third-order valence-electron chi connectivity index (χ3n) is 3.72. The number of benzene rings is 1. The van der Waals surface area contributed by atoms with Gasteiger partial charge in [-0.25, -0.2) is 0 Å². The lowest BCUT2D eigenvalue weighted by atomic mass is 10.2. The van der Waals surface area contributed by atoms with Crippen LogP contribution in [-0.2, 0) is 11.3 Å². The lowest BCUT2D eigenvalue weighted by Gasteiger charge is -2.19. The van der Waals surface area contributed by atoms with E-state index < -0.39 is 0 Å². The molecule has 0 spiro atoms. The number of rotatable bonds is 3. The summed E-state index contributed by atoms with van der Waals surface area (Å²) < 4.78 is 0. The number of likely N-dealkylation sites (tertiary alicyclic amines) is 1. The lowest BCUT2D eigenvalue weighted by molar-refractivity contribution is -0.132. The Labute approximate surface area is 123 Å². The molecule has 1 aromatic heterocycles. The van der Waals surface area contributed by atoms with E-state index in [4.69, 9.17) is 0 Å². The van der Waals surface area contributed by atoms with Crippen molar-refractivity contribution in [3.8, 4) is 11.4 Å². The number of tetrazole rings is 1. The minimum Gasteiger partial charge on any atom is -0.341 e. The zero-order chi connectivity index (χ0) is 14.5. The maximum atomic E-state index is 12.3. The zero-order valence-electron chi connectivity index (χ0n) is 12.0. The third-order valence-corrected chi connectivity index (χ3v) is 3.72. The molecule has 0 bridgehead atoms. The van der Waals surface area contributed by atoms with Crippen LogP contribution in [0.5, 0.6) is 0 Å².